The number of halogens is 1. The van der Waals surface area contributed by atoms with Gasteiger partial charge in [-0.2, -0.15) is 0 Å². The third-order valence-electron chi connectivity index (χ3n) is 4.34. The van der Waals surface area contributed by atoms with Crippen molar-refractivity contribution in [1.29, 1.82) is 0 Å². The van der Waals surface area contributed by atoms with Crippen LogP contribution in [0.15, 0.2) is 35.6 Å². The number of fused-ring (bicyclic) bond motifs is 1. The van der Waals surface area contributed by atoms with E-state index in [0.29, 0.717) is 27.5 Å². The Labute approximate surface area is 153 Å². The maximum absolute atomic E-state index is 13.9. The molecule has 1 saturated heterocycles. The van der Waals surface area contributed by atoms with Gasteiger partial charge in [0.05, 0.1) is 12.3 Å². The Hall–Kier alpha value is -2.55. The average Bonchev–Trinajstić information content (AvgIpc) is 3.32. The number of hydrogen-bond donors (Lipinski definition) is 0. The van der Waals surface area contributed by atoms with Gasteiger partial charge in [0.2, 0.25) is 5.91 Å². The van der Waals surface area contributed by atoms with Crippen molar-refractivity contribution in [3.8, 4) is 0 Å². The van der Waals surface area contributed by atoms with Gasteiger partial charge in [0.25, 0.3) is 0 Å². The molecule has 0 saturated carbocycles. The first-order valence-electron chi connectivity index (χ1n) is 8.40. The summed E-state index contributed by atoms with van der Waals surface area (Å²) in [6.07, 6.45) is 3.56. The summed E-state index contributed by atoms with van der Waals surface area (Å²) in [6.45, 7) is 1.89. The molecule has 1 aromatic carbocycles. The molecule has 2 aromatic heterocycles. The van der Waals surface area contributed by atoms with Crippen molar-refractivity contribution < 1.29 is 9.18 Å². The van der Waals surface area contributed by atoms with Crippen LogP contribution >= 0.6 is 11.8 Å². The molecule has 26 heavy (non-hydrogen) atoms. The zero-order valence-corrected chi connectivity index (χ0v) is 14.8. The smallest absolute Gasteiger partial charge is 0.232 e. The molecule has 3 aromatic rings. The number of amides is 1. The fourth-order valence-corrected chi connectivity index (χ4v) is 3.79. The van der Waals surface area contributed by atoms with E-state index in [1.807, 2.05) is 4.90 Å². The number of carbonyl (C=O) groups is 1. The number of hydrogen-bond acceptors (Lipinski definition) is 6. The quantitative estimate of drug-likeness (QED) is 0.504. The first-order chi connectivity index (χ1) is 12.7. The van der Waals surface area contributed by atoms with E-state index in [2.05, 4.69) is 20.3 Å². The Morgan fingerprint density at radius 3 is 2.81 bits per heavy atom. The van der Waals surface area contributed by atoms with E-state index >= 15 is 0 Å². The molecule has 1 fully saturated rings. The number of rotatable bonds is 5. The Kier molecular flexibility index (Phi) is 4.79. The van der Waals surface area contributed by atoms with Gasteiger partial charge >= 0.3 is 0 Å². The Morgan fingerprint density at radius 1 is 1.19 bits per heavy atom. The molecule has 0 radical (unpaired) electrons. The fraction of sp³-hybridized carbons (Fsp3) is 0.353. The Morgan fingerprint density at radius 2 is 2.00 bits per heavy atom. The second kappa shape index (κ2) is 7.36. The number of likely N-dealkylation sites (tertiary alicyclic amines) is 1. The number of benzene rings is 1. The monoisotopic (exact) mass is 372 g/mol. The Bertz CT molecular complexity index is 940. The minimum absolute atomic E-state index is 0.109. The van der Waals surface area contributed by atoms with Crippen molar-refractivity contribution in [1.82, 2.24) is 29.9 Å². The van der Waals surface area contributed by atoms with Gasteiger partial charge in [0.1, 0.15) is 17.2 Å². The van der Waals surface area contributed by atoms with E-state index in [1.54, 1.807) is 22.9 Å². The highest BCUT2D eigenvalue weighted by molar-refractivity contribution is 8.00. The zero-order valence-electron chi connectivity index (χ0n) is 14.0. The summed E-state index contributed by atoms with van der Waals surface area (Å²) < 4.78 is 15.4. The number of carbonyl (C=O) groups excluding carboxylic acids is 1. The zero-order chi connectivity index (χ0) is 17.9. The maximum Gasteiger partial charge on any atom is 0.232 e. The predicted molar refractivity (Wildman–Crippen MR) is 95.2 cm³/mol. The predicted octanol–water partition coefficient (Wildman–Crippen LogP) is 2.12. The number of thioether (sulfide) groups is 1. The highest BCUT2D eigenvalue weighted by Crippen LogP contribution is 2.24. The van der Waals surface area contributed by atoms with Crippen LogP contribution in [0.4, 0.5) is 4.39 Å². The van der Waals surface area contributed by atoms with Crippen molar-refractivity contribution in [2.24, 2.45) is 0 Å². The van der Waals surface area contributed by atoms with Crippen molar-refractivity contribution in [2.75, 3.05) is 18.8 Å². The molecule has 1 amide bonds. The second-order valence-electron chi connectivity index (χ2n) is 6.07. The Balaban J connectivity index is 1.53. The molecule has 0 bridgehead atoms. The molecule has 7 nitrogen and oxygen atoms in total. The lowest BCUT2D eigenvalue weighted by Gasteiger charge is -2.14. The highest BCUT2D eigenvalue weighted by atomic mass is 32.2. The van der Waals surface area contributed by atoms with E-state index in [0.717, 1.165) is 25.9 Å². The molecule has 9 heteroatoms. The van der Waals surface area contributed by atoms with Crippen molar-refractivity contribution >= 4 is 28.8 Å². The molecule has 1 aliphatic rings. The van der Waals surface area contributed by atoms with E-state index in [1.165, 1.54) is 24.2 Å². The highest BCUT2D eigenvalue weighted by Gasteiger charge is 2.19. The van der Waals surface area contributed by atoms with Crippen molar-refractivity contribution in [2.45, 2.75) is 24.4 Å². The number of aromatic nitrogens is 5. The summed E-state index contributed by atoms with van der Waals surface area (Å²) in [5.74, 6) is 0.126. The van der Waals surface area contributed by atoms with Gasteiger partial charge in [-0.3, -0.25) is 4.79 Å². The maximum atomic E-state index is 13.9. The lowest BCUT2D eigenvalue weighted by atomic mass is 10.2. The van der Waals surface area contributed by atoms with E-state index in [4.69, 9.17) is 0 Å². The largest absolute Gasteiger partial charge is 0.342 e. The van der Waals surface area contributed by atoms with E-state index < -0.39 is 0 Å². The summed E-state index contributed by atoms with van der Waals surface area (Å²) in [6, 6.07) is 6.54. The minimum atomic E-state index is -0.295. The van der Waals surface area contributed by atoms with Crippen LogP contribution in [0.25, 0.3) is 11.2 Å². The lowest BCUT2D eigenvalue weighted by Crippen LogP contribution is -2.29. The molecule has 0 N–H and O–H groups in total. The van der Waals surface area contributed by atoms with E-state index in [9.17, 15) is 9.18 Å². The fourth-order valence-electron chi connectivity index (χ4n) is 2.96. The van der Waals surface area contributed by atoms with Crippen molar-refractivity contribution in [3.05, 3.63) is 42.0 Å². The summed E-state index contributed by atoms with van der Waals surface area (Å²) in [5, 5.41) is 8.84. The van der Waals surface area contributed by atoms with Crippen LogP contribution in [-0.4, -0.2) is 54.6 Å². The molecular weight excluding hydrogens is 355 g/mol. The van der Waals surface area contributed by atoms with Crippen LogP contribution < -0.4 is 0 Å². The first kappa shape index (κ1) is 16.9. The standard InChI is InChI=1S/C17H17FN6OS/c18-13-6-2-1-5-12(13)9-24-16-15(21-22-24)17(20-11-19-16)26-10-14(25)23-7-3-4-8-23/h1-2,5-6,11H,3-4,7-10H2. The summed E-state index contributed by atoms with van der Waals surface area (Å²) in [4.78, 5) is 22.6. The third kappa shape index (κ3) is 3.39. The molecule has 134 valence electrons. The molecule has 0 spiro atoms. The molecule has 0 aliphatic carbocycles. The van der Waals surface area contributed by atoms with Gasteiger partial charge in [0, 0.05) is 18.7 Å². The summed E-state index contributed by atoms with van der Waals surface area (Å²) in [5.41, 5.74) is 1.57. The number of nitrogens with zero attached hydrogens (tertiary/aromatic N) is 6. The van der Waals surface area contributed by atoms with Gasteiger partial charge in [-0.25, -0.2) is 19.0 Å². The van der Waals surface area contributed by atoms with Gasteiger partial charge in [-0.15, -0.1) is 5.10 Å². The van der Waals surface area contributed by atoms with Crippen LogP contribution in [0.5, 0.6) is 0 Å². The topological polar surface area (TPSA) is 76.8 Å². The van der Waals surface area contributed by atoms with Crippen LogP contribution in [0.1, 0.15) is 18.4 Å². The average molecular weight is 372 g/mol. The molecule has 0 atom stereocenters. The van der Waals surface area contributed by atoms with Gasteiger partial charge in [-0.05, 0) is 18.9 Å². The van der Waals surface area contributed by atoms with Crippen LogP contribution in [0.2, 0.25) is 0 Å². The molecule has 0 unspecified atom stereocenters. The summed E-state index contributed by atoms with van der Waals surface area (Å²) >= 11 is 1.34. The normalized spacial score (nSPS) is 14.3. The van der Waals surface area contributed by atoms with E-state index in [-0.39, 0.29) is 18.3 Å². The SMILES string of the molecule is O=C(CSc1ncnc2c1nnn2Cc1ccccc1F)N1CCCC1. The van der Waals surface area contributed by atoms with Gasteiger partial charge < -0.3 is 4.90 Å². The summed E-state index contributed by atoms with van der Waals surface area (Å²) in [7, 11) is 0. The van der Waals surface area contributed by atoms with Crippen LogP contribution in [0, 0.1) is 5.82 Å². The van der Waals surface area contributed by atoms with Crippen LogP contribution in [0.3, 0.4) is 0 Å². The molecule has 4 rings (SSSR count). The van der Waals surface area contributed by atoms with Crippen molar-refractivity contribution in [3.63, 3.8) is 0 Å². The van der Waals surface area contributed by atoms with Crippen LogP contribution in [-0.2, 0) is 11.3 Å². The minimum Gasteiger partial charge on any atom is -0.342 e. The van der Waals surface area contributed by atoms with Gasteiger partial charge in [-0.1, -0.05) is 35.2 Å². The molecular formula is C17H17FN6OS. The third-order valence-corrected chi connectivity index (χ3v) is 5.30. The first-order valence-corrected chi connectivity index (χ1v) is 9.39. The lowest BCUT2D eigenvalue weighted by molar-refractivity contribution is -0.127. The molecule has 3 heterocycles. The second-order valence-corrected chi connectivity index (χ2v) is 7.03. The van der Waals surface area contributed by atoms with Gasteiger partial charge in [0.15, 0.2) is 11.2 Å². The molecule has 1 aliphatic heterocycles.